The van der Waals surface area contributed by atoms with Crippen molar-refractivity contribution in [3.8, 4) is 0 Å². The molecule has 1 aliphatic carbocycles. The Bertz CT molecular complexity index is 899. The van der Waals surface area contributed by atoms with Crippen LogP contribution >= 0.6 is 11.8 Å². The summed E-state index contributed by atoms with van der Waals surface area (Å²) in [4.78, 5) is 20.3. The van der Waals surface area contributed by atoms with Gasteiger partial charge in [-0.3, -0.25) is 14.7 Å². The summed E-state index contributed by atoms with van der Waals surface area (Å²) >= 11 is -0.0965. The Balaban J connectivity index is 1.48. The Morgan fingerprint density at radius 1 is 1.24 bits per heavy atom. The fourth-order valence-electron chi connectivity index (χ4n) is 3.80. The maximum absolute atomic E-state index is 12.5. The average molecular weight is 422 g/mol. The highest BCUT2D eigenvalue weighted by molar-refractivity contribution is 8.00. The minimum atomic E-state index is -4.28. The van der Waals surface area contributed by atoms with E-state index in [2.05, 4.69) is 20.1 Å². The number of hydrogen-bond donors (Lipinski definition) is 1. The Morgan fingerprint density at radius 2 is 1.97 bits per heavy atom. The smallest absolute Gasteiger partial charge is 0.357 e. The van der Waals surface area contributed by atoms with E-state index in [1.54, 1.807) is 24.5 Å². The van der Waals surface area contributed by atoms with Gasteiger partial charge in [-0.1, -0.05) is 0 Å². The van der Waals surface area contributed by atoms with Crippen LogP contribution in [0.1, 0.15) is 25.3 Å². The van der Waals surface area contributed by atoms with Gasteiger partial charge >= 0.3 is 5.51 Å². The summed E-state index contributed by atoms with van der Waals surface area (Å²) in [6.45, 7) is 3.68. The second-order valence-corrected chi connectivity index (χ2v) is 8.66. The molecule has 2 aromatic rings. The molecule has 1 saturated heterocycles. The van der Waals surface area contributed by atoms with Crippen molar-refractivity contribution in [2.75, 3.05) is 23.4 Å². The molecule has 1 aromatic carbocycles. The third kappa shape index (κ3) is 4.67. The predicted molar refractivity (Wildman–Crippen MR) is 107 cm³/mol. The zero-order valence-electron chi connectivity index (χ0n) is 15.9. The summed E-state index contributed by atoms with van der Waals surface area (Å²) in [6.07, 6.45) is 5.55. The van der Waals surface area contributed by atoms with E-state index in [1.165, 1.54) is 19.1 Å². The molecule has 1 amide bonds. The number of alkyl halides is 3. The van der Waals surface area contributed by atoms with Crippen molar-refractivity contribution < 1.29 is 18.0 Å². The first-order chi connectivity index (χ1) is 13.7. The Labute approximate surface area is 171 Å². The average Bonchev–Trinajstić information content (AvgIpc) is 3.32. The van der Waals surface area contributed by atoms with Gasteiger partial charge in [0.25, 0.3) is 0 Å². The maximum atomic E-state index is 12.5. The van der Waals surface area contributed by atoms with Crippen molar-refractivity contribution in [1.82, 2.24) is 9.88 Å². The number of carbonyl (C=O) groups is 1. The normalized spacial score (nSPS) is 18.3. The van der Waals surface area contributed by atoms with Crippen LogP contribution < -0.4 is 10.2 Å². The monoisotopic (exact) mass is 422 g/mol. The van der Waals surface area contributed by atoms with Crippen LogP contribution in [0.4, 0.5) is 24.5 Å². The van der Waals surface area contributed by atoms with Crippen LogP contribution in [0.2, 0.25) is 0 Å². The molecule has 1 aliphatic heterocycles. The number of pyridine rings is 1. The van der Waals surface area contributed by atoms with Gasteiger partial charge in [-0.15, -0.1) is 0 Å². The van der Waals surface area contributed by atoms with Gasteiger partial charge in [-0.05, 0) is 60.5 Å². The number of nitrogens with one attached hydrogen (secondary N) is 1. The summed E-state index contributed by atoms with van der Waals surface area (Å²) < 4.78 is 37.6. The highest BCUT2D eigenvalue weighted by Gasteiger charge is 2.53. The number of nitrogens with zero attached hydrogens (tertiary/aromatic N) is 3. The van der Waals surface area contributed by atoms with Gasteiger partial charge in [0.2, 0.25) is 5.91 Å². The molecule has 2 heterocycles. The lowest BCUT2D eigenvalue weighted by Gasteiger charge is -2.24. The predicted octanol–water partition coefficient (Wildman–Crippen LogP) is 4.46. The molecule has 154 valence electrons. The van der Waals surface area contributed by atoms with E-state index >= 15 is 0 Å². The van der Waals surface area contributed by atoms with Crippen molar-refractivity contribution in [3.05, 3.63) is 48.3 Å². The van der Waals surface area contributed by atoms with Crippen molar-refractivity contribution in [2.45, 2.75) is 42.3 Å². The lowest BCUT2D eigenvalue weighted by molar-refractivity contribution is -0.114. The van der Waals surface area contributed by atoms with Crippen LogP contribution in [-0.4, -0.2) is 40.1 Å². The highest BCUT2D eigenvalue weighted by Crippen LogP contribution is 2.48. The fourth-order valence-corrected chi connectivity index (χ4v) is 4.34. The van der Waals surface area contributed by atoms with Crippen LogP contribution in [0.3, 0.4) is 0 Å². The summed E-state index contributed by atoms with van der Waals surface area (Å²) in [5, 5.41) is 2.83. The largest absolute Gasteiger partial charge is 0.446 e. The second kappa shape index (κ2) is 7.53. The van der Waals surface area contributed by atoms with Gasteiger partial charge in [0, 0.05) is 42.3 Å². The number of aromatic nitrogens is 1. The Kier molecular flexibility index (Phi) is 5.20. The van der Waals surface area contributed by atoms with Crippen molar-refractivity contribution in [3.63, 3.8) is 0 Å². The molecule has 1 spiro atoms. The number of halogens is 3. The minimum Gasteiger partial charge on any atom is -0.357 e. The van der Waals surface area contributed by atoms with Gasteiger partial charge in [0.05, 0.1) is 18.6 Å². The molecule has 5 nitrogen and oxygen atoms in total. The number of rotatable bonds is 5. The quantitative estimate of drug-likeness (QED) is 0.721. The number of hydrogen-bond acceptors (Lipinski definition) is 5. The standard InChI is InChI=1S/C20H21F3N4OS/c1-14(28)25-18-10-24-9-6-15(18)11-27-13-26(12-19(27)7-8-19)16-2-4-17(5-3-16)29-20(21,22)23/h2-6,9-10H,7-8,11-13H2,1H3,(H,25,28). The second-order valence-electron chi connectivity index (χ2n) is 7.52. The van der Waals surface area contributed by atoms with Gasteiger partial charge in [0.1, 0.15) is 0 Å². The van der Waals surface area contributed by atoms with E-state index in [4.69, 9.17) is 0 Å². The number of anilines is 2. The molecule has 29 heavy (non-hydrogen) atoms. The SMILES string of the molecule is CC(=O)Nc1cnccc1CN1CN(c2ccc(SC(F)(F)F)cc2)CC12CC2. The summed E-state index contributed by atoms with van der Waals surface area (Å²) in [5.41, 5.74) is -1.55. The van der Waals surface area contributed by atoms with Crippen LogP contribution in [0.15, 0.2) is 47.6 Å². The molecule has 0 atom stereocenters. The molecular formula is C20H21F3N4OS. The van der Waals surface area contributed by atoms with Crippen LogP contribution in [0, 0.1) is 0 Å². The van der Waals surface area contributed by atoms with Crippen LogP contribution in [-0.2, 0) is 11.3 Å². The molecule has 2 aliphatic rings. The molecule has 1 aromatic heterocycles. The Morgan fingerprint density at radius 3 is 2.59 bits per heavy atom. The first-order valence-corrected chi connectivity index (χ1v) is 10.1. The first kappa shape index (κ1) is 20.0. The number of amides is 1. The van der Waals surface area contributed by atoms with Crippen molar-refractivity contribution in [2.24, 2.45) is 0 Å². The lowest BCUT2D eigenvalue weighted by atomic mass is 10.1. The lowest BCUT2D eigenvalue weighted by Crippen LogP contribution is -2.32. The molecule has 1 N–H and O–H groups in total. The number of thioether (sulfide) groups is 1. The van der Waals surface area contributed by atoms with E-state index in [9.17, 15) is 18.0 Å². The van der Waals surface area contributed by atoms with Crippen LogP contribution in [0.25, 0.3) is 0 Å². The third-order valence-corrected chi connectivity index (χ3v) is 6.08. The topological polar surface area (TPSA) is 48.5 Å². The summed E-state index contributed by atoms with van der Waals surface area (Å²) in [7, 11) is 0. The summed E-state index contributed by atoms with van der Waals surface area (Å²) in [5.74, 6) is -0.139. The minimum absolute atomic E-state index is 0.0934. The zero-order valence-corrected chi connectivity index (χ0v) is 16.7. The fraction of sp³-hybridized carbons (Fsp3) is 0.400. The van der Waals surface area contributed by atoms with Gasteiger partial charge in [0.15, 0.2) is 0 Å². The van der Waals surface area contributed by atoms with E-state index in [1.807, 2.05) is 6.07 Å². The molecule has 4 rings (SSSR count). The van der Waals surface area contributed by atoms with E-state index < -0.39 is 5.51 Å². The third-order valence-electron chi connectivity index (χ3n) is 5.34. The molecule has 0 radical (unpaired) electrons. The summed E-state index contributed by atoms with van der Waals surface area (Å²) in [6, 6.07) is 8.46. The van der Waals surface area contributed by atoms with Gasteiger partial charge < -0.3 is 10.2 Å². The highest BCUT2D eigenvalue weighted by atomic mass is 32.2. The van der Waals surface area contributed by atoms with E-state index in [0.717, 1.165) is 30.6 Å². The molecule has 2 fully saturated rings. The molecule has 0 unspecified atom stereocenters. The maximum Gasteiger partial charge on any atom is 0.446 e. The van der Waals surface area contributed by atoms with Gasteiger partial charge in [-0.25, -0.2) is 0 Å². The van der Waals surface area contributed by atoms with E-state index in [0.29, 0.717) is 18.9 Å². The molecular weight excluding hydrogens is 401 g/mol. The van der Waals surface area contributed by atoms with E-state index in [-0.39, 0.29) is 28.1 Å². The number of carbonyl (C=O) groups excluding carboxylic acids is 1. The van der Waals surface area contributed by atoms with Crippen molar-refractivity contribution in [1.29, 1.82) is 0 Å². The molecule has 9 heteroatoms. The molecule has 1 saturated carbocycles. The Hall–Kier alpha value is -2.26. The van der Waals surface area contributed by atoms with Crippen molar-refractivity contribution >= 4 is 29.0 Å². The number of benzene rings is 1. The van der Waals surface area contributed by atoms with Gasteiger partial charge in [-0.2, -0.15) is 13.2 Å². The zero-order chi connectivity index (χ0) is 20.6. The van der Waals surface area contributed by atoms with Crippen LogP contribution in [0.5, 0.6) is 0 Å². The first-order valence-electron chi connectivity index (χ1n) is 9.30. The molecule has 0 bridgehead atoms.